The van der Waals surface area contributed by atoms with Gasteiger partial charge in [0.15, 0.2) is 0 Å². The average molecular weight is 216 g/mol. The van der Waals surface area contributed by atoms with Crippen LogP contribution in [0.2, 0.25) is 0 Å². The Balaban J connectivity index is 3.70. The van der Waals surface area contributed by atoms with Crippen LogP contribution in [0.25, 0.3) is 0 Å². The molecule has 0 aromatic carbocycles. The number of unbranched alkanes of at least 4 members (excludes halogenated alkanes) is 3. The van der Waals surface area contributed by atoms with E-state index in [-0.39, 0.29) is 12.4 Å². The van der Waals surface area contributed by atoms with Gasteiger partial charge < -0.3 is 9.84 Å². The Bertz CT molecular complexity index is 176. The molecule has 0 aromatic heterocycles. The summed E-state index contributed by atoms with van der Waals surface area (Å²) in [5.41, 5.74) is -0.903. The van der Waals surface area contributed by atoms with Crippen LogP contribution in [0.5, 0.6) is 0 Å². The molecule has 15 heavy (non-hydrogen) atoms. The molecule has 0 saturated carbocycles. The number of carbonyl (C=O) groups is 1. The van der Waals surface area contributed by atoms with Crippen LogP contribution in [-0.4, -0.2) is 23.3 Å². The summed E-state index contributed by atoms with van der Waals surface area (Å²) in [6.07, 6.45) is 5.24. The zero-order valence-electron chi connectivity index (χ0n) is 10.2. The molecule has 0 aliphatic heterocycles. The van der Waals surface area contributed by atoms with E-state index in [0.717, 1.165) is 12.8 Å². The molecule has 0 amide bonds. The minimum atomic E-state index is -0.903. The zero-order chi connectivity index (χ0) is 11.7. The second-order valence-electron chi connectivity index (χ2n) is 4.29. The number of ether oxygens (including phenoxy) is 1. The molecule has 0 aliphatic rings. The smallest absolute Gasteiger partial charge is 0.308 e. The zero-order valence-corrected chi connectivity index (χ0v) is 10.2. The van der Waals surface area contributed by atoms with Crippen molar-refractivity contribution in [3.05, 3.63) is 0 Å². The Morgan fingerprint density at radius 2 is 1.93 bits per heavy atom. The van der Waals surface area contributed by atoms with Gasteiger partial charge in [0.05, 0.1) is 18.6 Å². The Morgan fingerprint density at radius 1 is 1.27 bits per heavy atom. The number of rotatable bonds is 8. The van der Waals surface area contributed by atoms with Crippen LogP contribution in [0.3, 0.4) is 0 Å². The van der Waals surface area contributed by atoms with Gasteiger partial charge in [-0.15, -0.1) is 0 Å². The summed E-state index contributed by atoms with van der Waals surface area (Å²) in [5.74, 6) is -0.307. The molecule has 1 atom stereocenters. The third-order valence-electron chi connectivity index (χ3n) is 2.40. The molecule has 0 heterocycles. The largest absolute Gasteiger partial charge is 0.466 e. The second-order valence-corrected chi connectivity index (χ2v) is 4.29. The monoisotopic (exact) mass is 216 g/mol. The lowest BCUT2D eigenvalue weighted by Crippen LogP contribution is -2.28. The minimum Gasteiger partial charge on any atom is -0.466 e. The van der Waals surface area contributed by atoms with Crippen LogP contribution >= 0.6 is 0 Å². The fraction of sp³-hybridized carbons (Fsp3) is 0.917. The molecule has 0 spiro atoms. The fourth-order valence-electron chi connectivity index (χ4n) is 1.54. The summed E-state index contributed by atoms with van der Waals surface area (Å²) in [7, 11) is 0. The predicted molar refractivity (Wildman–Crippen MR) is 60.6 cm³/mol. The SMILES string of the molecule is CCCCCCC(C)(O)CC(=O)OCC. The van der Waals surface area contributed by atoms with E-state index < -0.39 is 5.60 Å². The minimum absolute atomic E-state index is 0.104. The summed E-state index contributed by atoms with van der Waals surface area (Å²) in [4.78, 5) is 11.2. The van der Waals surface area contributed by atoms with E-state index in [1.54, 1.807) is 13.8 Å². The van der Waals surface area contributed by atoms with Crippen molar-refractivity contribution in [2.24, 2.45) is 0 Å². The van der Waals surface area contributed by atoms with Gasteiger partial charge >= 0.3 is 5.97 Å². The molecule has 0 radical (unpaired) electrons. The van der Waals surface area contributed by atoms with E-state index in [4.69, 9.17) is 4.74 Å². The van der Waals surface area contributed by atoms with Gasteiger partial charge in [-0.05, 0) is 20.3 Å². The highest BCUT2D eigenvalue weighted by Gasteiger charge is 2.24. The van der Waals surface area contributed by atoms with Crippen LogP contribution < -0.4 is 0 Å². The second kappa shape index (κ2) is 7.69. The van der Waals surface area contributed by atoms with Gasteiger partial charge in [0.25, 0.3) is 0 Å². The summed E-state index contributed by atoms with van der Waals surface area (Å²) < 4.78 is 4.81. The van der Waals surface area contributed by atoms with E-state index >= 15 is 0 Å². The number of esters is 1. The number of hydrogen-bond donors (Lipinski definition) is 1. The third kappa shape index (κ3) is 8.43. The first-order chi connectivity index (χ1) is 7.02. The van der Waals surface area contributed by atoms with Crippen molar-refractivity contribution in [1.82, 2.24) is 0 Å². The molecule has 1 N–H and O–H groups in total. The van der Waals surface area contributed by atoms with E-state index in [9.17, 15) is 9.90 Å². The van der Waals surface area contributed by atoms with Crippen LogP contribution in [0.4, 0.5) is 0 Å². The molecule has 0 fully saturated rings. The van der Waals surface area contributed by atoms with Gasteiger partial charge in [0.2, 0.25) is 0 Å². The maximum Gasteiger partial charge on any atom is 0.308 e. The van der Waals surface area contributed by atoms with E-state index in [0.29, 0.717) is 13.0 Å². The molecule has 90 valence electrons. The first-order valence-corrected chi connectivity index (χ1v) is 5.90. The van der Waals surface area contributed by atoms with Crippen LogP contribution in [-0.2, 0) is 9.53 Å². The average Bonchev–Trinajstić information content (AvgIpc) is 2.12. The van der Waals surface area contributed by atoms with Gasteiger partial charge in [-0.25, -0.2) is 0 Å². The van der Waals surface area contributed by atoms with Crippen LogP contribution in [0.15, 0.2) is 0 Å². The summed E-state index contributed by atoms with van der Waals surface area (Å²) in [5, 5.41) is 9.91. The summed E-state index contributed by atoms with van der Waals surface area (Å²) in [6.45, 7) is 6.01. The number of hydrogen-bond acceptors (Lipinski definition) is 3. The molecule has 1 unspecified atom stereocenters. The first-order valence-electron chi connectivity index (χ1n) is 5.90. The summed E-state index contributed by atoms with van der Waals surface area (Å²) in [6, 6.07) is 0. The van der Waals surface area contributed by atoms with Gasteiger partial charge in [0.1, 0.15) is 0 Å². The highest BCUT2D eigenvalue weighted by atomic mass is 16.5. The molecule has 0 aliphatic carbocycles. The Hall–Kier alpha value is -0.570. The maximum absolute atomic E-state index is 11.2. The molecule has 0 bridgehead atoms. The molecule has 0 rings (SSSR count). The van der Waals surface area contributed by atoms with Crippen molar-refractivity contribution >= 4 is 5.97 Å². The standard InChI is InChI=1S/C12H24O3/c1-4-6-7-8-9-12(3,14)10-11(13)15-5-2/h14H,4-10H2,1-3H3. The van der Waals surface area contributed by atoms with Crippen molar-refractivity contribution in [3.8, 4) is 0 Å². The van der Waals surface area contributed by atoms with Crippen molar-refractivity contribution in [1.29, 1.82) is 0 Å². The van der Waals surface area contributed by atoms with Crippen LogP contribution in [0, 0.1) is 0 Å². The van der Waals surface area contributed by atoms with Gasteiger partial charge in [0, 0.05) is 0 Å². The van der Waals surface area contributed by atoms with Crippen molar-refractivity contribution < 1.29 is 14.6 Å². The number of aliphatic hydroxyl groups is 1. The normalized spacial score (nSPS) is 14.7. The lowest BCUT2D eigenvalue weighted by atomic mass is 9.94. The fourth-order valence-corrected chi connectivity index (χ4v) is 1.54. The van der Waals surface area contributed by atoms with Gasteiger partial charge in [-0.2, -0.15) is 0 Å². The van der Waals surface area contributed by atoms with Gasteiger partial charge in [-0.3, -0.25) is 4.79 Å². The van der Waals surface area contributed by atoms with E-state index in [1.165, 1.54) is 12.8 Å². The Labute approximate surface area is 92.8 Å². The molecular weight excluding hydrogens is 192 g/mol. The topological polar surface area (TPSA) is 46.5 Å². The third-order valence-corrected chi connectivity index (χ3v) is 2.40. The molecule has 3 heteroatoms. The van der Waals surface area contributed by atoms with Crippen molar-refractivity contribution in [3.63, 3.8) is 0 Å². The van der Waals surface area contributed by atoms with E-state index in [2.05, 4.69) is 6.92 Å². The van der Waals surface area contributed by atoms with Gasteiger partial charge in [-0.1, -0.05) is 32.6 Å². The first kappa shape index (κ1) is 14.4. The highest BCUT2D eigenvalue weighted by Crippen LogP contribution is 2.19. The van der Waals surface area contributed by atoms with Crippen molar-refractivity contribution in [2.45, 2.75) is 64.9 Å². The molecular formula is C12H24O3. The quantitative estimate of drug-likeness (QED) is 0.501. The molecule has 0 saturated heterocycles. The Kier molecular flexibility index (Phi) is 7.39. The molecule has 0 aromatic rings. The van der Waals surface area contributed by atoms with Crippen LogP contribution in [0.1, 0.15) is 59.3 Å². The lowest BCUT2D eigenvalue weighted by molar-refractivity contribution is -0.148. The maximum atomic E-state index is 11.2. The number of carbonyl (C=O) groups excluding carboxylic acids is 1. The highest BCUT2D eigenvalue weighted by molar-refractivity contribution is 5.70. The Morgan fingerprint density at radius 3 is 2.47 bits per heavy atom. The van der Waals surface area contributed by atoms with Crippen molar-refractivity contribution in [2.75, 3.05) is 6.61 Å². The van der Waals surface area contributed by atoms with E-state index in [1.807, 2.05) is 0 Å². The molecule has 3 nitrogen and oxygen atoms in total. The summed E-state index contributed by atoms with van der Waals surface area (Å²) >= 11 is 0. The predicted octanol–water partition coefficient (Wildman–Crippen LogP) is 2.66. The lowest BCUT2D eigenvalue weighted by Gasteiger charge is -2.21.